The molecule has 4 aromatic heterocycles. The van der Waals surface area contributed by atoms with Gasteiger partial charge in [-0.1, -0.05) is 170 Å². The molecule has 5 heteroatoms. The van der Waals surface area contributed by atoms with Crippen molar-refractivity contribution in [2.24, 2.45) is 0 Å². The fourth-order valence-corrected chi connectivity index (χ4v) is 9.99. The van der Waals surface area contributed by atoms with Crippen LogP contribution in [0.25, 0.3) is 116 Å². The quantitative estimate of drug-likeness (QED) is 0.168. The molecule has 9 aromatic carbocycles. The molecule has 13 rings (SSSR count). The molecule has 0 aliphatic rings. The van der Waals surface area contributed by atoms with Crippen molar-refractivity contribution in [2.45, 2.75) is 0 Å². The van der Waals surface area contributed by atoms with Crippen LogP contribution in [0, 0.1) is 0 Å². The maximum atomic E-state index is 5.36. The Bertz CT molecular complexity index is 3820. The van der Waals surface area contributed by atoms with Gasteiger partial charge in [0, 0.05) is 60.4 Å². The normalized spacial score (nSPS) is 11.8. The van der Waals surface area contributed by atoms with E-state index in [2.05, 4.69) is 214 Å². The van der Waals surface area contributed by atoms with Gasteiger partial charge in [-0.25, -0.2) is 9.97 Å². The molecule has 0 amide bonds. The minimum Gasteiger partial charge on any atom is -0.309 e. The summed E-state index contributed by atoms with van der Waals surface area (Å²) >= 11 is 0. The van der Waals surface area contributed by atoms with Gasteiger partial charge >= 0.3 is 0 Å². The second-order valence-electron chi connectivity index (χ2n) is 16.1. The van der Waals surface area contributed by atoms with Crippen molar-refractivity contribution in [3.8, 4) is 51.0 Å². The predicted molar refractivity (Wildman–Crippen MR) is 261 cm³/mol. The molecule has 294 valence electrons. The molecule has 0 bridgehead atoms. The first-order valence-corrected chi connectivity index (χ1v) is 21.4. The van der Waals surface area contributed by atoms with Crippen molar-refractivity contribution in [3.63, 3.8) is 0 Å². The summed E-state index contributed by atoms with van der Waals surface area (Å²) in [6, 6.07) is 80.1. The van der Waals surface area contributed by atoms with E-state index in [1.165, 1.54) is 38.0 Å². The lowest BCUT2D eigenvalue weighted by Gasteiger charge is -2.16. The lowest BCUT2D eigenvalue weighted by molar-refractivity contribution is 1.13. The molecule has 0 saturated carbocycles. The van der Waals surface area contributed by atoms with Crippen LogP contribution in [0.1, 0.15) is 0 Å². The molecule has 0 radical (unpaired) electrons. The summed E-state index contributed by atoms with van der Waals surface area (Å²) in [7, 11) is 0. The minimum absolute atomic E-state index is 0.691. The number of fused-ring (bicyclic) bond motifs is 10. The Labute approximate surface area is 363 Å². The molecular weight excluding hydrogens is 767 g/mol. The van der Waals surface area contributed by atoms with Crippen molar-refractivity contribution >= 4 is 65.4 Å². The van der Waals surface area contributed by atoms with Gasteiger partial charge in [0.15, 0.2) is 5.82 Å². The Balaban J connectivity index is 1.16. The number of nitrogens with zero attached hydrogens (tertiary/aromatic N) is 5. The van der Waals surface area contributed by atoms with Gasteiger partial charge in [0.05, 0.1) is 50.2 Å². The maximum Gasteiger partial charge on any atom is 0.160 e. The van der Waals surface area contributed by atoms with Gasteiger partial charge in [-0.15, -0.1) is 0 Å². The number of benzene rings is 9. The Morgan fingerprint density at radius 2 is 0.825 bits per heavy atom. The summed E-state index contributed by atoms with van der Waals surface area (Å²) < 4.78 is 7.40. The molecule has 0 N–H and O–H groups in total. The highest BCUT2D eigenvalue weighted by Gasteiger charge is 2.25. The third-order valence-corrected chi connectivity index (χ3v) is 12.6. The lowest BCUT2D eigenvalue weighted by atomic mass is 10.0. The first kappa shape index (κ1) is 35.2. The van der Waals surface area contributed by atoms with Gasteiger partial charge in [-0.2, -0.15) is 0 Å². The molecule has 0 aliphatic heterocycles. The average Bonchev–Trinajstić information content (AvgIpc) is 4.01. The summed E-state index contributed by atoms with van der Waals surface area (Å²) in [6.45, 7) is 0. The van der Waals surface area contributed by atoms with Crippen LogP contribution in [0.15, 0.2) is 224 Å². The fraction of sp³-hybridized carbons (Fsp3) is 0. The summed E-state index contributed by atoms with van der Waals surface area (Å²) in [5.74, 6) is 0.691. The molecule has 0 atom stereocenters. The van der Waals surface area contributed by atoms with E-state index in [9.17, 15) is 0 Å². The van der Waals surface area contributed by atoms with Gasteiger partial charge in [0.25, 0.3) is 0 Å². The minimum atomic E-state index is 0.691. The second-order valence-corrected chi connectivity index (χ2v) is 16.1. The Morgan fingerprint density at radius 1 is 0.302 bits per heavy atom. The zero-order valence-electron chi connectivity index (χ0n) is 34.1. The standard InChI is InChI=1S/C58H37N5/c1-5-19-38(20-6-1)48-37-49(60-58(59-48)39-21-7-2-8-22-39)46-31-17-29-43-44-30-18-34-53(56(44)62(55(43)46)41-25-11-4-12-26-41)63-51-33-16-14-28-47(51)54-52(63)36-35-45-42-27-13-15-32-50(42)61(57(45)54)40-23-9-3-10-24-40/h1-37H. The highest BCUT2D eigenvalue weighted by Crippen LogP contribution is 2.45. The van der Waals surface area contributed by atoms with E-state index in [1.807, 2.05) is 24.3 Å². The zero-order chi connectivity index (χ0) is 41.4. The van der Waals surface area contributed by atoms with Crippen molar-refractivity contribution < 1.29 is 0 Å². The summed E-state index contributed by atoms with van der Waals surface area (Å²) in [5, 5.41) is 7.23. The largest absolute Gasteiger partial charge is 0.309 e. The van der Waals surface area contributed by atoms with Gasteiger partial charge in [0.2, 0.25) is 0 Å². The highest BCUT2D eigenvalue weighted by molar-refractivity contribution is 6.27. The average molecular weight is 804 g/mol. The smallest absolute Gasteiger partial charge is 0.160 e. The van der Waals surface area contributed by atoms with Crippen LogP contribution in [-0.2, 0) is 0 Å². The lowest BCUT2D eigenvalue weighted by Crippen LogP contribution is -2.02. The van der Waals surface area contributed by atoms with Crippen molar-refractivity contribution in [3.05, 3.63) is 224 Å². The van der Waals surface area contributed by atoms with E-state index in [1.54, 1.807) is 0 Å². The third kappa shape index (κ3) is 5.36. The molecule has 0 unspecified atom stereocenters. The van der Waals surface area contributed by atoms with Crippen molar-refractivity contribution in [1.82, 2.24) is 23.7 Å². The summed E-state index contributed by atoms with van der Waals surface area (Å²) in [4.78, 5) is 10.5. The van der Waals surface area contributed by atoms with Crippen LogP contribution in [0.5, 0.6) is 0 Å². The number of aromatic nitrogens is 5. The fourth-order valence-electron chi connectivity index (χ4n) is 9.99. The first-order valence-electron chi connectivity index (χ1n) is 21.4. The summed E-state index contributed by atoms with van der Waals surface area (Å²) in [5.41, 5.74) is 15.0. The Kier molecular flexibility index (Phi) is 7.84. The monoisotopic (exact) mass is 803 g/mol. The van der Waals surface area contributed by atoms with Crippen LogP contribution in [0.4, 0.5) is 0 Å². The first-order chi connectivity index (χ1) is 31.3. The molecule has 0 aliphatic carbocycles. The number of hydrogen-bond donors (Lipinski definition) is 0. The molecular formula is C58H37N5. The Hall–Kier alpha value is -8.54. The summed E-state index contributed by atoms with van der Waals surface area (Å²) in [6.07, 6.45) is 0. The van der Waals surface area contributed by atoms with Crippen LogP contribution < -0.4 is 0 Å². The molecule has 5 nitrogen and oxygen atoms in total. The van der Waals surface area contributed by atoms with E-state index >= 15 is 0 Å². The number of para-hydroxylation sites is 6. The molecule has 13 aromatic rings. The van der Waals surface area contributed by atoms with E-state index in [0.717, 1.165) is 72.6 Å². The molecule has 0 spiro atoms. The van der Waals surface area contributed by atoms with E-state index < -0.39 is 0 Å². The van der Waals surface area contributed by atoms with E-state index in [0.29, 0.717) is 5.82 Å². The molecule has 4 heterocycles. The third-order valence-electron chi connectivity index (χ3n) is 12.6. The van der Waals surface area contributed by atoms with Crippen LogP contribution in [-0.4, -0.2) is 23.7 Å². The van der Waals surface area contributed by atoms with Crippen LogP contribution in [0.3, 0.4) is 0 Å². The molecule has 0 saturated heterocycles. The van der Waals surface area contributed by atoms with Crippen LogP contribution >= 0.6 is 0 Å². The van der Waals surface area contributed by atoms with E-state index in [4.69, 9.17) is 9.97 Å². The van der Waals surface area contributed by atoms with Gasteiger partial charge in [-0.05, 0) is 54.6 Å². The molecule has 63 heavy (non-hydrogen) atoms. The van der Waals surface area contributed by atoms with Crippen LogP contribution in [0.2, 0.25) is 0 Å². The van der Waals surface area contributed by atoms with Gasteiger partial charge in [0.1, 0.15) is 0 Å². The van der Waals surface area contributed by atoms with Crippen molar-refractivity contribution in [1.29, 1.82) is 0 Å². The van der Waals surface area contributed by atoms with Gasteiger partial charge < -0.3 is 13.7 Å². The predicted octanol–water partition coefficient (Wildman–Crippen LogP) is 14.8. The van der Waals surface area contributed by atoms with Gasteiger partial charge in [-0.3, -0.25) is 0 Å². The SMILES string of the molecule is c1ccc(-c2cc(-c3cccc4c5cccc(-n6c7ccccc7c7c6ccc6c8ccccc8n(-c8ccccc8)c67)c5n(-c5ccccc5)c34)nc(-c3ccccc3)n2)cc1. The maximum absolute atomic E-state index is 5.36. The zero-order valence-corrected chi connectivity index (χ0v) is 34.1. The number of hydrogen-bond acceptors (Lipinski definition) is 2. The molecule has 0 fully saturated rings. The number of rotatable bonds is 6. The van der Waals surface area contributed by atoms with E-state index in [-0.39, 0.29) is 0 Å². The second kappa shape index (κ2) is 14.0. The van der Waals surface area contributed by atoms with Crippen molar-refractivity contribution in [2.75, 3.05) is 0 Å². The topological polar surface area (TPSA) is 40.6 Å². The Morgan fingerprint density at radius 3 is 1.54 bits per heavy atom. The highest BCUT2D eigenvalue weighted by atomic mass is 15.1.